The van der Waals surface area contributed by atoms with Gasteiger partial charge in [-0.25, -0.2) is 4.79 Å². The van der Waals surface area contributed by atoms with Crippen molar-refractivity contribution in [2.24, 2.45) is 0 Å². The summed E-state index contributed by atoms with van der Waals surface area (Å²) >= 11 is 0. The van der Waals surface area contributed by atoms with Gasteiger partial charge in [-0.3, -0.25) is 0 Å². The van der Waals surface area contributed by atoms with Gasteiger partial charge in [-0.2, -0.15) is 13.2 Å². The lowest BCUT2D eigenvalue weighted by Gasteiger charge is -2.09. The number of benzene rings is 2. The molecule has 0 spiro atoms. The van der Waals surface area contributed by atoms with Crippen LogP contribution in [0.15, 0.2) is 54.6 Å². The molecular formula is C16H13F3O3. The normalized spacial score (nSPS) is 11.2. The second-order valence-electron chi connectivity index (χ2n) is 4.46. The fourth-order valence-corrected chi connectivity index (χ4v) is 1.75. The summed E-state index contributed by atoms with van der Waals surface area (Å²) in [5.74, 6) is -0.551. The number of halogens is 3. The summed E-state index contributed by atoms with van der Waals surface area (Å²) in [5.41, 5.74) is -0.00867. The first-order valence-electron chi connectivity index (χ1n) is 6.43. The fraction of sp³-hybridized carbons (Fsp3) is 0.188. The Morgan fingerprint density at radius 1 is 1.00 bits per heavy atom. The Hall–Kier alpha value is -2.34. The molecule has 6 heteroatoms. The Morgan fingerprint density at radius 3 is 2.41 bits per heavy atom. The third-order valence-corrected chi connectivity index (χ3v) is 2.81. The average molecular weight is 310 g/mol. The molecule has 0 aliphatic rings. The molecule has 0 aliphatic heterocycles. The predicted octanol–water partition coefficient (Wildman–Crippen LogP) is 4.04. The van der Waals surface area contributed by atoms with Crippen LogP contribution in [0.1, 0.15) is 21.5 Å². The Kier molecular flexibility index (Phi) is 5.16. The van der Waals surface area contributed by atoms with Crippen molar-refractivity contribution in [2.75, 3.05) is 6.79 Å². The lowest BCUT2D eigenvalue weighted by atomic mass is 10.1. The number of hydrogen-bond donors (Lipinski definition) is 0. The van der Waals surface area contributed by atoms with Gasteiger partial charge in [0.25, 0.3) is 0 Å². The maximum absolute atomic E-state index is 12.5. The van der Waals surface area contributed by atoms with Gasteiger partial charge in [0.1, 0.15) is 0 Å². The summed E-state index contributed by atoms with van der Waals surface area (Å²) in [6.45, 7) is -0.407. The lowest BCUT2D eigenvalue weighted by Crippen LogP contribution is -2.09. The van der Waals surface area contributed by atoms with Crippen molar-refractivity contribution in [2.45, 2.75) is 12.8 Å². The molecule has 0 aliphatic carbocycles. The van der Waals surface area contributed by atoms with Crippen LogP contribution in [0.4, 0.5) is 13.2 Å². The maximum atomic E-state index is 12.5. The Morgan fingerprint density at radius 2 is 1.73 bits per heavy atom. The van der Waals surface area contributed by atoms with E-state index in [1.807, 2.05) is 0 Å². The van der Waals surface area contributed by atoms with Crippen molar-refractivity contribution in [3.8, 4) is 0 Å². The minimum Gasteiger partial charge on any atom is -0.435 e. The van der Waals surface area contributed by atoms with Crippen LogP contribution in [0, 0.1) is 0 Å². The topological polar surface area (TPSA) is 35.5 Å². The first-order chi connectivity index (χ1) is 10.5. The number of hydrogen-bond acceptors (Lipinski definition) is 3. The SMILES string of the molecule is O=C(OCOCc1cccc(C(F)(F)F)c1)c1ccccc1. The average Bonchev–Trinajstić information content (AvgIpc) is 2.52. The highest BCUT2D eigenvalue weighted by atomic mass is 19.4. The third-order valence-electron chi connectivity index (χ3n) is 2.81. The van der Waals surface area contributed by atoms with Crippen LogP contribution in [-0.4, -0.2) is 12.8 Å². The van der Waals surface area contributed by atoms with E-state index in [2.05, 4.69) is 0 Å². The van der Waals surface area contributed by atoms with E-state index in [0.29, 0.717) is 11.1 Å². The molecule has 0 unspecified atom stereocenters. The van der Waals surface area contributed by atoms with Crippen LogP contribution in [0.25, 0.3) is 0 Å². The first kappa shape index (κ1) is 16.0. The number of rotatable bonds is 5. The van der Waals surface area contributed by atoms with Gasteiger partial charge in [0.2, 0.25) is 0 Å². The van der Waals surface area contributed by atoms with Crippen molar-refractivity contribution in [3.63, 3.8) is 0 Å². The van der Waals surface area contributed by atoms with E-state index in [1.54, 1.807) is 30.3 Å². The zero-order valence-corrected chi connectivity index (χ0v) is 11.5. The van der Waals surface area contributed by atoms with Gasteiger partial charge in [0.15, 0.2) is 6.79 Å². The number of carbonyl (C=O) groups excluding carboxylic acids is 1. The molecule has 0 bridgehead atoms. The van der Waals surface area contributed by atoms with Gasteiger partial charge < -0.3 is 9.47 Å². The van der Waals surface area contributed by atoms with Crippen molar-refractivity contribution < 1.29 is 27.4 Å². The highest BCUT2D eigenvalue weighted by Crippen LogP contribution is 2.29. The molecule has 0 fully saturated rings. The Labute approximate surface area is 125 Å². The van der Waals surface area contributed by atoms with Crippen molar-refractivity contribution in [3.05, 3.63) is 71.3 Å². The summed E-state index contributed by atoms with van der Waals surface area (Å²) in [6.07, 6.45) is -4.39. The molecule has 116 valence electrons. The van der Waals surface area contributed by atoms with Gasteiger partial charge in [-0.1, -0.05) is 30.3 Å². The molecule has 3 nitrogen and oxygen atoms in total. The van der Waals surface area contributed by atoms with E-state index >= 15 is 0 Å². The maximum Gasteiger partial charge on any atom is 0.416 e. The standard InChI is InChI=1S/C16H13F3O3/c17-16(18,19)14-8-4-5-12(9-14)10-21-11-22-15(20)13-6-2-1-3-7-13/h1-9H,10-11H2. The minimum atomic E-state index is -4.39. The summed E-state index contributed by atoms with van der Waals surface area (Å²) < 4.78 is 47.6. The molecule has 0 saturated carbocycles. The molecule has 0 aromatic heterocycles. The largest absolute Gasteiger partial charge is 0.435 e. The second kappa shape index (κ2) is 7.09. The second-order valence-corrected chi connectivity index (χ2v) is 4.46. The Balaban J connectivity index is 1.81. The van der Waals surface area contributed by atoms with E-state index in [9.17, 15) is 18.0 Å². The number of esters is 1. The molecule has 0 saturated heterocycles. The number of alkyl halides is 3. The van der Waals surface area contributed by atoms with E-state index in [1.165, 1.54) is 12.1 Å². The molecule has 2 rings (SSSR count). The molecule has 22 heavy (non-hydrogen) atoms. The number of carbonyl (C=O) groups is 1. The monoisotopic (exact) mass is 310 g/mol. The van der Waals surface area contributed by atoms with E-state index in [-0.39, 0.29) is 13.4 Å². The van der Waals surface area contributed by atoms with Crippen LogP contribution in [0.3, 0.4) is 0 Å². The zero-order chi connectivity index (χ0) is 16.0. The highest BCUT2D eigenvalue weighted by Gasteiger charge is 2.30. The lowest BCUT2D eigenvalue weighted by molar-refractivity contribution is -0.137. The predicted molar refractivity (Wildman–Crippen MR) is 73.0 cm³/mol. The first-order valence-corrected chi connectivity index (χ1v) is 6.43. The van der Waals surface area contributed by atoms with Gasteiger partial charge in [-0.15, -0.1) is 0 Å². The van der Waals surface area contributed by atoms with Crippen LogP contribution in [-0.2, 0) is 22.3 Å². The van der Waals surface area contributed by atoms with E-state index < -0.39 is 17.7 Å². The summed E-state index contributed by atoms with van der Waals surface area (Å²) in [4.78, 5) is 11.6. The van der Waals surface area contributed by atoms with Crippen LogP contribution in [0.2, 0.25) is 0 Å². The third kappa shape index (κ3) is 4.60. The van der Waals surface area contributed by atoms with Crippen LogP contribution < -0.4 is 0 Å². The van der Waals surface area contributed by atoms with Crippen molar-refractivity contribution in [1.82, 2.24) is 0 Å². The molecular weight excluding hydrogens is 297 g/mol. The smallest absolute Gasteiger partial charge is 0.416 e. The number of ether oxygens (including phenoxy) is 2. The minimum absolute atomic E-state index is 0.0774. The summed E-state index contributed by atoms with van der Waals surface area (Å²) in [5, 5.41) is 0. The van der Waals surface area contributed by atoms with Gasteiger partial charge in [-0.05, 0) is 29.8 Å². The Bertz CT molecular complexity index is 624. The van der Waals surface area contributed by atoms with Crippen LogP contribution in [0.5, 0.6) is 0 Å². The highest BCUT2D eigenvalue weighted by molar-refractivity contribution is 5.89. The van der Waals surface area contributed by atoms with Crippen molar-refractivity contribution in [1.29, 1.82) is 0 Å². The molecule has 0 atom stereocenters. The summed E-state index contributed by atoms with van der Waals surface area (Å²) in [6, 6.07) is 13.1. The van der Waals surface area contributed by atoms with Gasteiger partial charge in [0, 0.05) is 0 Å². The van der Waals surface area contributed by atoms with Crippen LogP contribution >= 0.6 is 0 Å². The van der Waals surface area contributed by atoms with E-state index in [4.69, 9.17) is 9.47 Å². The molecule has 0 heterocycles. The fourth-order valence-electron chi connectivity index (χ4n) is 1.75. The van der Waals surface area contributed by atoms with Gasteiger partial charge >= 0.3 is 12.1 Å². The molecule has 2 aromatic rings. The van der Waals surface area contributed by atoms with Gasteiger partial charge in [0.05, 0.1) is 17.7 Å². The van der Waals surface area contributed by atoms with Crippen molar-refractivity contribution >= 4 is 5.97 Å². The molecule has 0 radical (unpaired) electrons. The van der Waals surface area contributed by atoms with E-state index in [0.717, 1.165) is 12.1 Å². The molecule has 2 aromatic carbocycles. The molecule has 0 N–H and O–H groups in total. The quantitative estimate of drug-likeness (QED) is 0.475. The molecule has 0 amide bonds. The zero-order valence-electron chi connectivity index (χ0n) is 11.5. The summed E-state index contributed by atoms with van der Waals surface area (Å²) in [7, 11) is 0.